The molecule has 0 N–H and O–H groups in total. The zero-order valence-electron chi connectivity index (χ0n) is 14.1. The van der Waals surface area contributed by atoms with Crippen molar-refractivity contribution in [1.29, 1.82) is 0 Å². The van der Waals surface area contributed by atoms with E-state index in [1.165, 1.54) is 0 Å². The minimum atomic E-state index is -0.270. The third-order valence-electron chi connectivity index (χ3n) is 5.06. The zero-order chi connectivity index (χ0) is 17.2. The monoisotopic (exact) mass is 392 g/mol. The Morgan fingerprint density at radius 1 is 0.920 bits per heavy atom. The van der Waals surface area contributed by atoms with Gasteiger partial charge in [-0.25, -0.2) is 9.97 Å². The van der Waals surface area contributed by atoms with Crippen molar-refractivity contribution in [3.8, 4) is 5.75 Å². The molecule has 4 heteroatoms. The molecule has 0 amide bonds. The molecular weight excluding hydrogens is 376 g/mol. The Kier molecular flexibility index (Phi) is 3.11. The first-order valence-electron chi connectivity index (χ1n) is 8.48. The standard InChI is InChI=1S/C21H17BrN2O/c1-21(2)17(22)11-14-19-18(23-15-9-5-6-10-16(15)24-19)12-7-3-4-8-13(12)20(14)25-21/h3-10,17H,11H2,1-2H3. The molecule has 1 aromatic heterocycles. The number of halogens is 1. The van der Waals surface area contributed by atoms with Crippen molar-refractivity contribution in [2.24, 2.45) is 0 Å². The summed E-state index contributed by atoms with van der Waals surface area (Å²) in [7, 11) is 0. The average Bonchev–Trinajstić information content (AvgIpc) is 2.62. The quantitative estimate of drug-likeness (QED) is 0.228. The number of rotatable bonds is 0. The van der Waals surface area contributed by atoms with Crippen LogP contribution in [0.5, 0.6) is 5.75 Å². The van der Waals surface area contributed by atoms with Crippen LogP contribution in [0.25, 0.3) is 32.8 Å². The summed E-state index contributed by atoms with van der Waals surface area (Å²) < 4.78 is 6.45. The second-order valence-electron chi connectivity index (χ2n) is 7.14. The number of benzene rings is 3. The fourth-order valence-corrected chi connectivity index (χ4v) is 4.03. The Morgan fingerprint density at radius 2 is 1.52 bits per heavy atom. The van der Waals surface area contributed by atoms with Crippen molar-refractivity contribution in [2.75, 3.05) is 0 Å². The summed E-state index contributed by atoms with van der Waals surface area (Å²) in [5.74, 6) is 0.952. The molecule has 0 radical (unpaired) electrons. The van der Waals surface area contributed by atoms with Gasteiger partial charge < -0.3 is 4.74 Å². The number of aromatic nitrogens is 2. The molecule has 1 atom stereocenters. The van der Waals surface area contributed by atoms with Gasteiger partial charge in [-0.3, -0.25) is 0 Å². The molecule has 3 aromatic carbocycles. The van der Waals surface area contributed by atoms with Crippen molar-refractivity contribution in [3.63, 3.8) is 0 Å². The van der Waals surface area contributed by atoms with Crippen LogP contribution in [0.15, 0.2) is 48.5 Å². The molecule has 0 spiro atoms. The lowest BCUT2D eigenvalue weighted by molar-refractivity contribution is 0.0962. The first kappa shape index (κ1) is 15.1. The maximum atomic E-state index is 6.45. The van der Waals surface area contributed by atoms with Gasteiger partial charge in [-0.2, -0.15) is 0 Å². The Balaban J connectivity index is 1.98. The number of para-hydroxylation sites is 2. The van der Waals surface area contributed by atoms with Crippen molar-refractivity contribution in [2.45, 2.75) is 30.7 Å². The second-order valence-corrected chi connectivity index (χ2v) is 8.25. The highest BCUT2D eigenvalue weighted by atomic mass is 79.9. The van der Waals surface area contributed by atoms with Gasteiger partial charge in [0.2, 0.25) is 0 Å². The number of hydrogen-bond donors (Lipinski definition) is 0. The lowest BCUT2D eigenvalue weighted by atomic mass is 9.90. The lowest BCUT2D eigenvalue weighted by Crippen LogP contribution is -2.43. The first-order chi connectivity index (χ1) is 12.0. The molecule has 4 aromatic rings. The summed E-state index contributed by atoms with van der Waals surface area (Å²) in [5.41, 5.74) is 4.63. The smallest absolute Gasteiger partial charge is 0.133 e. The highest BCUT2D eigenvalue weighted by Gasteiger charge is 2.37. The minimum Gasteiger partial charge on any atom is -0.486 e. The normalized spacial score (nSPS) is 19.1. The number of fused-ring (bicyclic) bond motifs is 7. The molecule has 0 saturated heterocycles. The van der Waals surface area contributed by atoms with E-state index in [0.717, 1.165) is 50.6 Å². The molecule has 0 saturated carbocycles. The third kappa shape index (κ3) is 2.17. The molecule has 25 heavy (non-hydrogen) atoms. The van der Waals surface area contributed by atoms with Gasteiger partial charge in [0.05, 0.1) is 26.9 Å². The average molecular weight is 393 g/mol. The van der Waals surface area contributed by atoms with E-state index in [1.807, 2.05) is 30.3 Å². The molecule has 5 rings (SSSR count). The van der Waals surface area contributed by atoms with E-state index in [1.54, 1.807) is 0 Å². The van der Waals surface area contributed by atoms with Gasteiger partial charge in [-0.1, -0.05) is 52.3 Å². The third-order valence-corrected chi connectivity index (χ3v) is 6.49. The molecule has 3 nitrogen and oxygen atoms in total. The maximum Gasteiger partial charge on any atom is 0.133 e. The molecule has 124 valence electrons. The molecule has 1 unspecified atom stereocenters. The molecular formula is C21H17BrN2O. The Morgan fingerprint density at radius 3 is 2.24 bits per heavy atom. The van der Waals surface area contributed by atoms with Gasteiger partial charge in [0.15, 0.2) is 0 Å². The topological polar surface area (TPSA) is 35.0 Å². The highest BCUT2D eigenvalue weighted by molar-refractivity contribution is 9.09. The van der Waals surface area contributed by atoms with Gasteiger partial charge in [-0.05, 0) is 32.4 Å². The van der Waals surface area contributed by atoms with Gasteiger partial charge in [0.25, 0.3) is 0 Å². The minimum absolute atomic E-state index is 0.227. The Labute approximate surface area is 154 Å². The summed E-state index contributed by atoms with van der Waals surface area (Å²) in [4.78, 5) is 10.1. The van der Waals surface area contributed by atoms with Crippen LogP contribution in [0.1, 0.15) is 19.4 Å². The molecule has 1 aliphatic heterocycles. The molecule has 2 heterocycles. The number of ether oxygens (including phenoxy) is 1. The molecule has 0 fully saturated rings. The molecule has 1 aliphatic rings. The van der Waals surface area contributed by atoms with Crippen LogP contribution in [-0.4, -0.2) is 20.4 Å². The predicted octanol–water partition coefficient (Wildman–Crippen LogP) is 5.41. The first-order valence-corrected chi connectivity index (χ1v) is 9.39. The Hall–Kier alpha value is -2.20. The van der Waals surface area contributed by atoms with Crippen molar-refractivity contribution in [3.05, 3.63) is 54.1 Å². The van der Waals surface area contributed by atoms with Crippen LogP contribution in [0.4, 0.5) is 0 Å². The van der Waals surface area contributed by atoms with Crippen molar-refractivity contribution < 1.29 is 4.74 Å². The second kappa shape index (κ2) is 5.15. The van der Waals surface area contributed by atoms with E-state index in [4.69, 9.17) is 14.7 Å². The molecule has 0 bridgehead atoms. The van der Waals surface area contributed by atoms with Crippen molar-refractivity contribution >= 4 is 48.8 Å². The van der Waals surface area contributed by atoms with Crippen LogP contribution in [0, 0.1) is 0 Å². The van der Waals surface area contributed by atoms with Crippen molar-refractivity contribution in [1.82, 2.24) is 9.97 Å². The van der Waals surface area contributed by atoms with Crippen LogP contribution in [0.3, 0.4) is 0 Å². The molecule has 0 aliphatic carbocycles. The lowest BCUT2D eigenvalue weighted by Gasteiger charge is -2.38. The van der Waals surface area contributed by atoms with Gasteiger partial charge in [0.1, 0.15) is 11.4 Å². The van der Waals surface area contributed by atoms with Crippen LogP contribution in [0.2, 0.25) is 0 Å². The summed E-state index contributed by atoms with van der Waals surface area (Å²) in [5, 5.41) is 2.21. The summed E-state index contributed by atoms with van der Waals surface area (Å²) in [6.07, 6.45) is 0.872. The van der Waals surface area contributed by atoms with E-state index in [2.05, 4.69) is 48.0 Å². The summed E-state index contributed by atoms with van der Waals surface area (Å²) in [6, 6.07) is 16.4. The van der Waals surface area contributed by atoms with Gasteiger partial charge >= 0.3 is 0 Å². The number of nitrogens with zero attached hydrogens (tertiary/aromatic N) is 2. The predicted molar refractivity (Wildman–Crippen MR) is 106 cm³/mol. The summed E-state index contributed by atoms with van der Waals surface area (Å²) in [6.45, 7) is 4.25. The fourth-order valence-electron chi connectivity index (χ4n) is 3.61. The van der Waals surface area contributed by atoms with Crippen LogP contribution in [-0.2, 0) is 6.42 Å². The maximum absolute atomic E-state index is 6.45. The largest absolute Gasteiger partial charge is 0.486 e. The van der Waals surface area contributed by atoms with E-state index in [-0.39, 0.29) is 10.4 Å². The fraction of sp³-hybridized carbons (Fsp3) is 0.238. The van der Waals surface area contributed by atoms with Crippen LogP contribution >= 0.6 is 15.9 Å². The Bertz CT molecular complexity index is 1150. The van der Waals surface area contributed by atoms with Crippen LogP contribution < -0.4 is 4.74 Å². The SMILES string of the molecule is CC1(C)Oc2c(c3nc4ccccc4nc3c3ccccc23)CC1Br. The zero-order valence-corrected chi connectivity index (χ0v) is 15.7. The number of hydrogen-bond acceptors (Lipinski definition) is 3. The highest BCUT2D eigenvalue weighted by Crippen LogP contribution is 2.45. The van der Waals surface area contributed by atoms with Gasteiger partial charge in [0, 0.05) is 16.3 Å². The van der Waals surface area contributed by atoms with E-state index in [9.17, 15) is 0 Å². The van der Waals surface area contributed by atoms with E-state index < -0.39 is 0 Å². The number of alkyl halides is 1. The van der Waals surface area contributed by atoms with Gasteiger partial charge in [-0.15, -0.1) is 0 Å². The van der Waals surface area contributed by atoms with E-state index in [0.29, 0.717) is 0 Å². The van der Waals surface area contributed by atoms with E-state index >= 15 is 0 Å². The summed E-state index contributed by atoms with van der Waals surface area (Å²) >= 11 is 3.81.